The summed E-state index contributed by atoms with van der Waals surface area (Å²) in [6, 6.07) is 15.0. The topological polar surface area (TPSA) is 42.7 Å². The Morgan fingerprint density at radius 2 is 1.74 bits per heavy atom. The van der Waals surface area contributed by atoms with Crippen molar-refractivity contribution in [2.24, 2.45) is 0 Å². The van der Waals surface area contributed by atoms with Crippen molar-refractivity contribution in [2.75, 3.05) is 6.54 Å². The fraction of sp³-hybridized carbons (Fsp3) is 0.143. The number of hydrogen-bond acceptors (Lipinski definition) is 3. The molecule has 0 bridgehead atoms. The molecule has 136 valence electrons. The lowest BCUT2D eigenvalue weighted by molar-refractivity contribution is 0.477. The quantitative estimate of drug-likeness (QED) is 0.559. The predicted octanol–water partition coefficient (Wildman–Crippen LogP) is 4.43. The van der Waals surface area contributed by atoms with Crippen LogP contribution in [0.2, 0.25) is 0 Å². The summed E-state index contributed by atoms with van der Waals surface area (Å²) in [4.78, 5) is 4.14. The van der Waals surface area contributed by atoms with E-state index in [2.05, 4.69) is 15.0 Å². The van der Waals surface area contributed by atoms with Crippen LogP contribution >= 0.6 is 12.4 Å². The Morgan fingerprint density at radius 1 is 0.963 bits per heavy atom. The Hall–Kier alpha value is -2.76. The number of fused-ring (bicyclic) bond motifs is 2. The fourth-order valence-electron chi connectivity index (χ4n) is 3.73. The van der Waals surface area contributed by atoms with Gasteiger partial charge in [0.05, 0.1) is 12.2 Å². The summed E-state index contributed by atoms with van der Waals surface area (Å²) in [6.45, 7) is 2.49. The van der Waals surface area contributed by atoms with E-state index in [1.165, 1.54) is 6.07 Å². The zero-order chi connectivity index (χ0) is 17.5. The smallest absolute Gasteiger partial charge is 0.131 e. The molecule has 0 spiro atoms. The summed E-state index contributed by atoms with van der Waals surface area (Å²) in [7, 11) is 0. The molecule has 0 unspecified atom stereocenters. The Bertz CT molecular complexity index is 1110. The van der Waals surface area contributed by atoms with Crippen LogP contribution in [-0.2, 0) is 13.1 Å². The molecule has 0 radical (unpaired) electrons. The van der Waals surface area contributed by atoms with Gasteiger partial charge in [0.15, 0.2) is 0 Å². The third-order valence-electron chi connectivity index (χ3n) is 4.95. The third kappa shape index (κ3) is 2.89. The highest BCUT2D eigenvalue weighted by Gasteiger charge is 2.23. The molecule has 2 aromatic carbocycles. The summed E-state index contributed by atoms with van der Waals surface area (Å²) in [6.07, 6.45) is 3.59. The van der Waals surface area contributed by atoms with Crippen molar-refractivity contribution in [3.05, 3.63) is 72.4 Å². The molecule has 0 atom stereocenters. The van der Waals surface area contributed by atoms with E-state index in [0.29, 0.717) is 5.39 Å². The van der Waals surface area contributed by atoms with E-state index in [1.54, 1.807) is 12.4 Å². The van der Waals surface area contributed by atoms with Gasteiger partial charge in [-0.1, -0.05) is 24.3 Å². The standard InChI is InChI=1S/C21H17FN4.ClH/c22-18-6-5-17(15-3-1-2-4-16(15)18)21-20(14-7-9-23-10-8-14)19-13-24-11-12-26(19)25-21;/h1-10,24H,11-13H2;1H. The number of hydrogen-bond donors (Lipinski definition) is 1. The molecule has 4 nitrogen and oxygen atoms in total. The zero-order valence-electron chi connectivity index (χ0n) is 14.5. The number of nitrogens with one attached hydrogen (secondary N) is 1. The van der Waals surface area contributed by atoms with Gasteiger partial charge in [0, 0.05) is 42.0 Å². The van der Waals surface area contributed by atoms with Crippen LogP contribution in [-0.4, -0.2) is 21.3 Å². The molecule has 1 aliphatic rings. The Labute approximate surface area is 162 Å². The summed E-state index contributed by atoms with van der Waals surface area (Å²) < 4.78 is 16.4. The van der Waals surface area contributed by atoms with Crippen LogP contribution < -0.4 is 5.32 Å². The van der Waals surface area contributed by atoms with Crippen molar-refractivity contribution in [3.8, 4) is 22.4 Å². The molecule has 2 aromatic heterocycles. The average Bonchev–Trinajstić information content (AvgIpc) is 3.08. The molecular formula is C21H18ClFN4. The molecule has 6 heteroatoms. The first-order chi connectivity index (χ1) is 12.8. The van der Waals surface area contributed by atoms with E-state index < -0.39 is 0 Å². The minimum atomic E-state index is -0.208. The van der Waals surface area contributed by atoms with Gasteiger partial charge in [-0.05, 0) is 35.2 Å². The van der Waals surface area contributed by atoms with E-state index >= 15 is 0 Å². The summed E-state index contributed by atoms with van der Waals surface area (Å²) in [5, 5.41) is 9.84. The third-order valence-corrected chi connectivity index (χ3v) is 4.95. The number of pyridine rings is 1. The molecule has 0 saturated heterocycles. The second kappa shape index (κ2) is 7.10. The first-order valence-corrected chi connectivity index (χ1v) is 8.71. The molecule has 1 N–H and O–H groups in total. The first-order valence-electron chi connectivity index (χ1n) is 8.71. The Balaban J connectivity index is 0.00000180. The molecule has 0 fully saturated rings. The van der Waals surface area contributed by atoms with Crippen molar-refractivity contribution >= 4 is 23.2 Å². The van der Waals surface area contributed by atoms with E-state index in [0.717, 1.165) is 53.1 Å². The van der Waals surface area contributed by atoms with Crippen LogP contribution in [0, 0.1) is 5.82 Å². The number of nitrogens with zero attached hydrogens (tertiary/aromatic N) is 3. The van der Waals surface area contributed by atoms with E-state index in [1.807, 2.05) is 42.5 Å². The number of rotatable bonds is 2. The Kier molecular flexibility index (Phi) is 4.64. The molecule has 0 amide bonds. The maximum absolute atomic E-state index is 14.3. The molecule has 27 heavy (non-hydrogen) atoms. The largest absolute Gasteiger partial charge is 0.309 e. The highest BCUT2D eigenvalue weighted by molar-refractivity contribution is 6.00. The highest BCUT2D eigenvalue weighted by Crippen LogP contribution is 2.38. The summed E-state index contributed by atoms with van der Waals surface area (Å²) in [5.74, 6) is -0.208. The molecule has 0 saturated carbocycles. The van der Waals surface area contributed by atoms with Crippen molar-refractivity contribution in [1.82, 2.24) is 20.1 Å². The Morgan fingerprint density at radius 3 is 2.56 bits per heavy atom. The van der Waals surface area contributed by atoms with Crippen molar-refractivity contribution in [2.45, 2.75) is 13.1 Å². The summed E-state index contributed by atoms with van der Waals surface area (Å²) in [5.41, 5.74) is 5.18. The average molecular weight is 381 g/mol. The number of aromatic nitrogens is 3. The van der Waals surface area contributed by atoms with Gasteiger partial charge in [-0.3, -0.25) is 9.67 Å². The van der Waals surface area contributed by atoms with Crippen molar-refractivity contribution in [3.63, 3.8) is 0 Å². The van der Waals surface area contributed by atoms with Gasteiger partial charge in [0.2, 0.25) is 0 Å². The van der Waals surface area contributed by atoms with Crippen LogP contribution in [0.25, 0.3) is 33.2 Å². The molecule has 5 rings (SSSR count). The van der Waals surface area contributed by atoms with E-state index in [-0.39, 0.29) is 18.2 Å². The predicted molar refractivity (Wildman–Crippen MR) is 107 cm³/mol. The molecule has 4 aromatic rings. The highest BCUT2D eigenvalue weighted by atomic mass is 35.5. The van der Waals surface area contributed by atoms with Gasteiger partial charge >= 0.3 is 0 Å². The molecule has 0 aliphatic carbocycles. The monoisotopic (exact) mass is 380 g/mol. The van der Waals surface area contributed by atoms with Gasteiger partial charge in [-0.2, -0.15) is 5.10 Å². The second-order valence-electron chi connectivity index (χ2n) is 6.45. The molecular weight excluding hydrogens is 363 g/mol. The summed E-state index contributed by atoms with van der Waals surface area (Å²) >= 11 is 0. The van der Waals surface area contributed by atoms with Crippen molar-refractivity contribution in [1.29, 1.82) is 0 Å². The first kappa shape index (κ1) is 17.6. The van der Waals surface area contributed by atoms with E-state index in [9.17, 15) is 4.39 Å². The maximum atomic E-state index is 14.3. The lowest BCUT2D eigenvalue weighted by Gasteiger charge is -2.16. The number of halogens is 2. The molecule has 1 aliphatic heterocycles. The van der Waals surface area contributed by atoms with Gasteiger partial charge < -0.3 is 5.32 Å². The minimum Gasteiger partial charge on any atom is -0.309 e. The van der Waals surface area contributed by atoms with Crippen LogP contribution in [0.5, 0.6) is 0 Å². The minimum absolute atomic E-state index is 0. The van der Waals surface area contributed by atoms with E-state index in [4.69, 9.17) is 5.10 Å². The lowest BCUT2D eigenvalue weighted by Crippen LogP contribution is -2.28. The van der Waals surface area contributed by atoms with Gasteiger partial charge in [0.1, 0.15) is 11.5 Å². The fourth-order valence-corrected chi connectivity index (χ4v) is 3.73. The molecule has 3 heterocycles. The van der Waals surface area contributed by atoms with Gasteiger partial charge in [-0.15, -0.1) is 12.4 Å². The van der Waals surface area contributed by atoms with Gasteiger partial charge in [-0.25, -0.2) is 4.39 Å². The number of benzene rings is 2. The van der Waals surface area contributed by atoms with Gasteiger partial charge in [0.25, 0.3) is 0 Å². The second-order valence-corrected chi connectivity index (χ2v) is 6.45. The zero-order valence-corrected chi connectivity index (χ0v) is 15.3. The van der Waals surface area contributed by atoms with Crippen LogP contribution in [0.4, 0.5) is 4.39 Å². The van der Waals surface area contributed by atoms with Crippen LogP contribution in [0.15, 0.2) is 60.9 Å². The van der Waals surface area contributed by atoms with Crippen molar-refractivity contribution < 1.29 is 4.39 Å². The van der Waals surface area contributed by atoms with Crippen LogP contribution in [0.1, 0.15) is 5.69 Å². The van der Waals surface area contributed by atoms with Crippen LogP contribution in [0.3, 0.4) is 0 Å². The lowest BCUT2D eigenvalue weighted by atomic mass is 9.95. The SMILES string of the molecule is Cl.Fc1ccc(-c2nn3c(c2-c2ccncc2)CNCC3)c2ccccc12. The maximum Gasteiger partial charge on any atom is 0.131 e. The normalized spacial score (nSPS) is 13.2.